The lowest BCUT2D eigenvalue weighted by molar-refractivity contribution is -0.0213. The van der Waals surface area contributed by atoms with Crippen molar-refractivity contribution in [1.82, 2.24) is 5.01 Å². The predicted molar refractivity (Wildman–Crippen MR) is 110 cm³/mol. The van der Waals surface area contributed by atoms with E-state index in [0.29, 0.717) is 12.2 Å². The summed E-state index contributed by atoms with van der Waals surface area (Å²) in [5.41, 5.74) is 3.53. The molecule has 0 radical (unpaired) electrons. The summed E-state index contributed by atoms with van der Waals surface area (Å²) in [7, 11) is 0. The molecule has 2 aliphatic heterocycles. The first-order chi connectivity index (χ1) is 14.2. The Hall–Kier alpha value is -3.34. The van der Waals surface area contributed by atoms with Crippen LogP contribution in [-0.4, -0.2) is 17.3 Å². The molecule has 0 aromatic heterocycles. The van der Waals surface area contributed by atoms with E-state index in [0.717, 1.165) is 34.8 Å². The summed E-state index contributed by atoms with van der Waals surface area (Å²) in [4.78, 5) is 0. The third-order valence-electron chi connectivity index (χ3n) is 5.35. The van der Waals surface area contributed by atoms with Crippen molar-refractivity contribution in [2.45, 2.75) is 25.6 Å². The molecule has 0 unspecified atom stereocenters. The summed E-state index contributed by atoms with van der Waals surface area (Å²) in [6.45, 7) is 2.56. The van der Waals surface area contributed by atoms with Crippen LogP contribution in [0.1, 0.15) is 42.3 Å². The Bertz CT molecular complexity index is 1070. The highest BCUT2D eigenvalue weighted by Gasteiger charge is 2.42. The fourth-order valence-electron chi connectivity index (χ4n) is 4.01. The van der Waals surface area contributed by atoms with E-state index in [9.17, 15) is 4.39 Å². The first kappa shape index (κ1) is 17.7. The van der Waals surface area contributed by atoms with Crippen LogP contribution in [0.5, 0.6) is 11.5 Å². The molecule has 2 heterocycles. The van der Waals surface area contributed by atoms with Gasteiger partial charge in [0.1, 0.15) is 17.3 Å². The van der Waals surface area contributed by atoms with Gasteiger partial charge in [-0.15, -0.1) is 0 Å². The van der Waals surface area contributed by atoms with Gasteiger partial charge in [0.15, 0.2) is 0 Å². The molecule has 2 atom stereocenters. The molecular weight excluding hydrogens is 367 g/mol. The van der Waals surface area contributed by atoms with Crippen LogP contribution in [0.3, 0.4) is 0 Å². The van der Waals surface area contributed by atoms with Gasteiger partial charge in [0.2, 0.25) is 6.23 Å². The van der Waals surface area contributed by atoms with E-state index in [-0.39, 0.29) is 11.9 Å². The number of fused-ring (bicyclic) bond motifs is 3. The van der Waals surface area contributed by atoms with Crippen LogP contribution in [0.4, 0.5) is 4.39 Å². The molecule has 0 N–H and O–H groups in total. The normalized spacial score (nSPS) is 19.8. The van der Waals surface area contributed by atoms with E-state index in [1.165, 1.54) is 6.07 Å². The Morgan fingerprint density at radius 1 is 1.03 bits per heavy atom. The van der Waals surface area contributed by atoms with E-state index in [1.807, 2.05) is 66.5 Å². The molecule has 4 nitrogen and oxygen atoms in total. The fraction of sp³-hybridized carbons (Fsp3) is 0.208. The molecule has 0 aliphatic carbocycles. The molecular formula is C24H21FN2O2. The minimum atomic E-state index is -0.618. The van der Waals surface area contributed by atoms with Crippen molar-refractivity contribution in [1.29, 1.82) is 0 Å². The lowest BCUT2D eigenvalue weighted by atomic mass is 9.95. The zero-order valence-electron chi connectivity index (χ0n) is 16.1. The molecule has 0 saturated carbocycles. The van der Waals surface area contributed by atoms with E-state index in [2.05, 4.69) is 0 Å². The maximum atomic E-state index is 14.6. The van der Waals surface area contributed by atoms with E-state index in [4.69, 9.17) is 14.6 Å². The Kier molecular flexibility index (Phi) is 4.43. The van der Waals surface area contributed by atoms with Gasteiger partial charge >= 0.3 is 0 Å². The maximum Gasteiger partial charge on any atom is 0.216 e. The molecule has 3 aromatic carbocycles. The third kappa shape index (κ3) is 3.12. The SMILES string of the molecule is CCOc1ccc2c(c1)[C@H]1CC(c3ccccc3)=NN1[C@@H](c1ccccc1F)O2. The van der Waals surface area contributed by atoms with Gasteiger partial charge in [0.05, 0.1) is 23.9 Å². The van der Waals surface area contributed by atoms with Gasteiger partial charge in [0, 0.05) is 12.0 Å². The molecule has 0 fully saturated rings. The summed E-state index contributed by atoms with van der Waals surface area (Å²) in [5, 5.41) is 6.76. The number of nitrogens with zero attached hydrogens (tertiary/aromatic N) is 2. The zero-order chi connectivity index (χ0) is 19.8. The minimum absolute atomic E-state index is 0.0426. The number of benzene rings is 3. The van der Waals surface area contributed by atoms with Gasteiger partial charge < -0.3 is 9.47 Å². The van der Waals surface area contributed by atoms with E-state index < -0.39 is 6.23 Å². The van der Waals surface area contributed by atoms with Gasteiger partial charge in [-0.3, -0.25) is 0 Å². The van der Waals surface area contributed by atoms with Crippen molar-refractivity contribution in [2.75, 3.05) is 6.61 Å². The largest absolute Gasteiger partial charge is 0.494 e. The Balaban J connectivity index is 1.61. The number of hydrazone groups is 1. The van der Waals surface area contributed by atoms with Crippen LogP contribution in [0.15, 0.2) is 77.9 Å². The summed E-state index contributed by atoms with van der Waals surface area (Å²) in [6, 6.07) is 22.6. The Labute approximate surface area is 169 Å². The number of rotatable bonds is 4. The van der Waals surface area contributed by atoms with Crippen LogP contribution >= 0.6 is 0 Å². The Morgan fingerprint density at radius 3 is 2.62 bits per heavy atom. The summed E-state index contributed by atoms with van der Waals surface area (Å²) in [6.07, 6.45) is 0.105. The van der Waals surface area contributed by atoms with Crippen molar-refractivity contribution in [3.05, 3.63) is 95.3 Å². The number of ether oxygens (including phenoxy) is 2. The fourth-order valence-corrected chi connectivity index (χ4v) is 4.01. The van der Waals surface area contributed by atoms with Crippen LogP contribution in [0.25, 0.3) is 0 Å². The monoisotopic (exact) mass is 388 g/mol. The average molecular weight is 388 g/mol. The lowest BCUT2D eigenvalue weighted by Crippen LogP contribution is -2.34. The number of hydrogen-bond donors (Lipinski definition) is 0. The topological polar surface area (TPSA) is 34.1 Å². The van der Waals surface area contributed by atoms with Crippen LogP contribution < -0.4 is 9.47 Å². The molecule has 5 heteroatoms. The summed E-state index contributed by atoms with van der Waals surface area (Å²) < 4.78 is 26.6. The molecule has 3 aromatic rings. The van der Waals surface area contributed by atoms with Crippen molar-refractivity contribution >= 4 is 5.71 Å². The average Bonchev–Trinajstić information content (AvgIpc) is 3.21. The minimum Gasteiger partial charge on any atom is -0.494 e. The molecule has 29 heavy (non-hydrogen) atoms. The van der Waals surface area contributed by atoms with Crippen molar-refractivity contribution < 1.29 is 13.9 Å². The van der Waals surface area contributed by atoms with Crippen molar-refractivity contribution in [2.24, 2.45) is 5.10 Å². The molecule has 0 bridgehead atoms. The van der Waals surface area contributed by atoms with Crippen LogP contribution in [0.2, 0.25) is 0 Å². The predicted octanol–water partition coefficient (Wildman–Crippen LogP) is 5.47. The zero-order valence-corrected chi connectivity index (χ0v) is 16.1. The van der Waals surface area contributed by atoms with E-state index in [1.54, 1.807) is 12.1 Å². The van der Waals surface area contributed by atoms with Crippen LogP contribution in [-0.2, 0) is 0 Å². The summed E-state index contributed by atoms with van der Waals surface area (Å²) >= 11 is 0. The smallest absolute Gasteiger partial charge is 0.216 e. The van der Waals surface area contributed by atoms with E-state index >= 15 is 0 Å². The van der Waals surface area contributed by atoms with Crippen LogP contribution in [0, 0.1) is 5.82 Å². The molecule has 5 rings (SSSR count). The van der Waals surface area contributed by atoms with Gasteiger partial charge in [-0.05, 0) is 36.8 Å². The Morgan fingerprint density at radius 2 is 1.83 bits per heavy atom. The highest BCUT2D eigenvalue weighted by molar-refractivity contribution is 6.01. The molecule has 146 valence electrons. The second-order valence-electron chi connectivity index (χ2n) is 7.14. The molecule has 2 aliphatic rings. The molecule has 0 saturated heterocycles. The second kappa shape index (κ2) is 7.24. The second-order valence-corrected chi connectivity index (χ2v) is 7.14. The maximum absolute atomic E-state index is 14.6. The standard InChI is InChI=1S/C24H21FN2O2/c1-2-28-17-12-13-23-19(14-17)22-15-21(16-8-4-3-5-9-16)26-27(22)24(29-23)18-10-6-7-11-20(18)25/h3-14,22,24H,2,15H2,1H3/t22-,24-/m1/s1. The number of hydrogen-bond acceptors (Lipinski definition) is 4. The lowest BCUT2D eigenvalue weighted by Gasteiger charge is -2.38. The highest BCUT2D eigenvalue weighted by atomic mass is 19.1. The van der Waals surface area contributed by atoms with Gasteiger partial charge in [-0.25, -0.2) is 9.40 Å². The molecule has 0 amide bonds. The third-order valence-corrected chi connectivity index (χ3v) is 5.35. The first-order valence-electron chi connectivity index (χ1n) is 9.83. The highest BCUT2D eigenvalue weighted by Crippen LogP contribution is 2.48. The van der Waals surface area contributed by atoms with Crippen molar-refractivity contribution in [3.63, 3.8) is 0 Å². The number of halogens is 1. The summed E-state index contributed by atoms with van der Waals surface area (Å²) in [5.74, 6) is 1.24. The molecule has 0 spiro atoms. The van der Waals surface area contributed by atoms with Gasteiger partial charge in [-0.2, -0.15) is 5.10 Å². The van der Waals surface area contributed by atoms with Crippen molar-refractivity contribution in [3.8, 4) is 11.5 Å². The van der Waals surface area contributed by atoms with Gasteiger partial charge in [0.25, 0.3) is 0 Å². The first-order valence-corrected chi connectivity index (χ1v) is 9.83. The van der Waals surface area contributed by atoms with Gasteiger partial charge in [-0.1, -0.05) is 48.5 Å². The quantitative estimate of drug-likeness (QED) is 0.595.